The molecule has 0 unspecified atom stereocenters. The molecule has 3 heterocycles. The molecule has 6 heteroatoms. The first kappa shape index (κ1) is 16.4. The van der Waals surface area contributed by atoms with Crippen LogP contribution in [0.15, 0.2) is 36.9 Å². The van der Waals surface area contributed by atoms with E-state index in [1.54, 1.807) is 25.5 Å². The largest absolute Gasteiger partial charge is 0.339 e. The Bertz CT molecular complexity index is 743. The fraction of sp³-hybridized carbons (Fsp3) is 0.444. The third-order valence-corrected chi connectivity index (χ3v) is 4.50. The van der Waals surface area contributed by atoms with E-state index < -0.39 is 0 Å². The van der Waals surface area contributed by atoms with Crippen molar-refractivity contribution in [2.45, 2.75) is 39.0 Å². The topological polar surface area (TPSA) is 63.9 Å². The number of rotatable bonds is 4. The summed E-state index contributed by atoms with van der Waals surface area (Å²) in [6.45, 7) is 9.06. The van der Waals surface area contributed by atoms with Crippen molar-refractivity contribution in [1.82, 2.24) is 24.4 Å². The van der Waals surface area contributed by atoms with E-state index >= 15 is 0 Å². The van der Waals surface area contributed by atoms with E-state index in [9.17, 15) is 4.79 Å². The van der Waals surface area contributed by atoms with Crippen molar-refractivity contribution in [3.8, 4) is 5.82 Å². The fourth-order valence-electron chi connectivity index (χ4n) is 3.23. The van der Waals surface area contributed by atoms with E-state index in [4.69, 9.17) is 0 Å². The number of hydrogen-bond acceptors (Lipinski definition) is 4. The summed E-state index contributed by atoms with van der Waals surface area (Å²) in [5, 5.41) is 0. The van der Waals surface area contributed by atoms with Crippen molar-refractivity contribution in [3.63, 3.8) is 0 Å². The zero-order valence-electron chi connectivity index (χ0n) is 14.3. The van der Waals surface area contributed by atoms with E-state index in [2.05, 4.69) is 28.5 Å². The number of carbonyl (C=O) groups is 1. The first-order valence-electron chi connectivity index (χ1n) is 8.40. The maximum atomic E-state index is 12.1. The predicted molar refractivity (Wildman–Crippen MR) is 91.9 cm³/mol. The minimum atomic E-state index is 0.0516. The second-order valence-electron chi connectivity index (χ2n) is 6.18. The van der Waals surface area contributed by atoms with Crippen LogP contribution in [0.25, 0.3) is 5.82 Å². The molecule has 2 aromatic heterocycles. The van der Waals surface area contributed by atoms with Crippen molar-refractivity contribution in [1.29, 1.82) is 0 Å². The van der Waals surface area contributed by atoms with Gasteiger partial charge in [0.1, 0.15) is 5.82 Å². The van der Waals surface area contributed by atoms with E-state index in [1.165, 1.54) is 0 Å². The van der Waals surface area contributed by atoms with Gasteiger partial charge in [-0.2, -0.15) is 0 Å². The number of amides is 1. The average Bonchev–Trinajstić information content (AvgIpc) is 3.09. The van der Waals surface area contributed by atoms with Gasteiger partial charge in [-0.3, -0.25) is 14.3 Å². The molecule has 0 radical (unpaired) electrons. The lowest BCUT2D eigenvalue weighted by molar-refractivity contribution is -0.128. The van der Waals surface area contributed by atoms with Gasteiger partial charge < -0.3 is 4.90 Å². The molecule has 1 aliphatic heterocycles. The summed E-state index contributed by atoms with van der Waals surface area (Å²) in [5.74, 6) is 2.19. The molecule has 0 aromatic carbocycles. The molecule has 0 spiro atoms. The van der Waals surface area contributed by atoms with E-state index in [0.29, 0.717) is 11.5 Å². The fourth-order valence-corrected chi connectivity index (χ4v) is 3.23. The predicted octanol–water partition coefficient (Wildman–Crippen LogP) is 2.51. The van der Waals surface area contributed by atoms with Gasteiger partial charge in [0, 0.05) is 55.8 Å². The first-order valence-corrected chi connectivity index (χ1v) is 8.40. The second-order valence-corrected chi connectivity index (χ2v) is 6.18. The van der Waals surface area contributed by atoms with Gasteiger partial charge in [-0.15, -0.1) is 0 Å². The summed E-state index contributed by atoms with van der Waals surface area (Å²) in [4.78, 5) is 27.5. The number of carbonyl (C=O) groups excluding carboxylic acids is 1. The third kappa shape index (κ3) is 3.09. The number of likely N-dealkylation sites (tertiary alicyclic amines) is 1. The van der Waals surface area contributed by atoms with Crippen LogP contribution >= 0.6 is 0 Å². The molecule has 1 amide bonds. The Labute approximate surface area is 142 Å². The Balaban J connectivity index is 1.82. The average molecular weight is 325 g/mol. The van der Waals surface area contributed by atoms with Crippen LogP contribution in [0.2, 0.25) is 0 Å². The van der Waals surface area contributed by atoms with Gasteiger partial charge in [-0.05, 0) is 19.8 Å². The molecule has 0 bridgehead atoms. The van der Waals surface area contributed by atoms with Crippen LogP contribution in [-0.2, 0) is 11.2 Å². The molecule has 0 aliphatic carbocycles. The van der Waals surface area contributed by atoms with Crippen molar-refractivity contribution < 1.29 is 4.79 Å². The molecule has 1 aliphatic rings. The molecule has 126 valence electrons. The summed E-state index contributed by atoms with van der Waals surface area (Å²) in [6.07, 6.45) is 9.82. The molecular weight excluding hydrogens is 302 g/mol. The number of aromatic nitrogens is 4. The van der Waals surface area contributed by atoms with Gasteiger partial charge in [-0.25, -0.2) is 9.97 Å². The Morgan fingerprint density at radius 1 is 1.21 bits per heavy atom. The molecule has 1 saturated heterocycles. The maximum absolute atomic E-state index is 12.1. The number of imidazole rings is 1. The quantitative estimate of drug-likeness (QED) is 0.810. The second kappa shape index (κ2) is 6.95. The van der Waals surface area contributed by atoms with Gasteiger partial charge in [0.2, 0.25) is 5.91 Å². The molecule has 1 fully saturated rings. The highest BCUT2D eigenvalue weighted by Gasteiger charge is 2.27. The van der Waals surface area contributed by atoms with Gasteiger partial charge >= 0.3 is 0 Å². The van der Waals surface area contributed by atoms with Crippen molar-refractivity contribution in [3.05, 3.63) is 48.5 Å². The summed E-state index contributed by atoms with van der Waals surface area (Å²) in [5.41, 5.74) is 1.59. The molecule has 3 rings (SSSR count). The molecule has 2 aromatic rings. The lowest BCUT2D eigenvalue weighted by Gasteiger charge is -2.32. The number of hydrogen-bond donors (Lipinski definition) is 0. The summed E-state index contributed by atoms with van der Waals surface area (Å²) in [6, 6.07) is 0. The molecule has 24 heavy (non-hydrogen) atoms. The number of aryl methyl sites for hydroxylation is 1. The standard InChI is InChI=1S/C18H23N5O/c1-4-15-19-9-12-23(15)17-16(20-7-8-21-17)14-5-10-22(11-6-14)18(24)13(2)3/h7-9,12,14H,2,4-6,10-11H2,1,3H3. The van der Waals surface area contributed by atoms with Crippen molar-refractivity contribution in [2.24, 2.45) is 0 Å². The van der Waals surface area contributed by atoms with Gasteiger partial charge in [0.15, 0.2) is 5.82 Å². The molecule has 0 N–H and O–H groups in total. The van der Waals surface area contributed by atoms with Gasteiger partial charge in [0.05, 0.1) is 5.69 Å². The molecular formula is C18H23N5O. The van der Waals surface area contributed by atoms with Crippen LogP contribution in [0.1, 0.15) is 44.1 Å². The first-order chi connectivity index (χ1) is 11.6. The Hall–Kier alpha value is -2.50. The normalized spacial score (nSPS) is 15.5. The zero-order chi connectivity index (χ0) is 17.1. The van der Waals surface area contributed by atoms with Gasteiger partial charge in [-0.1, -0.05) is 13.5 Å². The van der Waals surface area contributed by atoms with E-state index in [0.717, 1.165) is 49.7 Å². The monoisotopic (exact) mass is 325 g/mol. The van der Waals surface area contributed by atoms with Crippen LogP contribution in [0, 0.1) is 0 Å². The smallest absolute Gasteiger partial charge is 0.248 e. The van der Waals surface area contributed by atoms with E-state index in [-0.39, 0.29) is 5.91 Å². The lowest BCUT2D eigenvalue weighted by atomic mass is 9.92. The minimum Gasteiger partial charge on any atom is -0.339 e. The third-order valence-electron chi connectivity index (χ3n) is 4.50. The highest BCUT2D eigenvalue weighted by atomic mass is 16.2. The Kier molecular flexibility index (Phi) is 4.74. The van der Waals surface area contributed by atoms with Crippen molar-refractivity contribution >= 4 is 5.91 Å². The van der Waals surface area contributed by atoms with Crippen molar-refractivity contribution in [2.75, 3.05) is 13.1 Å². The van der Waals surface area contributed by atoms with E-state index in [1.807, 2.05) is 15.7 Å². The maximum Gasteiger partial charge on any atom is 0.248 e. The summed E-state index contributed by atoms with van der Waals surface area (Å²) < 4.78 is 2.02. The highest BCUT2D eigenvalue weighted by molar-refractivity contribution is 5.92. The Morgan fingerprint density at radius 2 is 1.92 bits per heavy atom. The number of piperidine rings is 1. The van der Waals surface area contributed by atoms with Crippen LogP contribution in [0.4, 0.5) is 0 Å². The molecule has 0 saturated carbocycles. The Morgan fingerprint density at radius 3 is 2.58 bits per heavy atom. The summed E-state index contributed by atoms with van der Waals surface area (Å²) in [7, 11) is 0. The molecule has 0 atom stereocenters. The van der Waals surface area contributed by atoms with Gasteiger partial charge in [0.25, 0.3) is 0 Å². The van der Waals surface area contributed by atoms with Crippen LogP contribution in [-0.4, -0.2) is 43.4 Å². The zero-order valence-corrected chi connectivity index (χ0v) is 14.3. The SMILES string of the molecule is C=C(C)C(=O)N1CCC(c2nccnc2-n2ccnc2CC)CC1. The molecule has 6 nitrogen and oxygen atoms in total. The lowest BCUT2D eigenvalue weighted by Crippen LogP contribution is -2.38. The highest BCUT2D eigenvalue weighted by Crippen LogP contribution is 2.30. The summed E-state index contributed by atoms with van der Waals surface area (Å²) >= 11 is 0. The van der Waals surface area contributed by atoms with Crippen LogP contribution in [0.5, 0.6) is 0 Å². The van der Waals surface area contributed by atoms with Crippen LogP contribution in [0.3, 0.4) is 0 Å². The minimum absolute atomic E-state index is 0.0516. The van der Waals surface area contributed by atoms with Crippen LogP contribution < -0.4 is 0 Å². The number of nitrogens with zero attached hydrogens (tertiary/aromatic N) is 5.